The third-order valence-corrected chi connectivity index (χ3v) is 4.21. The number of nitrogens with one attached hydrogen (secondary N) is 1. The van der Waals surface area contributed by atoms with Crippen molar-refractivity contribution in [1.82, 2.24) is 29.3 Å². The number of imidazole rings is 1. The lowest BCUT2D eigenvalue weighted by atomic mass is 10.2. The molecule has 0 spiro atoms. The lowest BCUT2D eigenvalue weighted by Crippen LogP contribution is -2.09. The van der Waals surface area contributed by atoms with Crippen LogP contribution in [0, 0.1) is 0 Å². The van der Waals surface area contributed by atoms with Gasteiger partial charge < -0.3 is 14.7 Å². The summed E-state index contributed by atoms with van der Waals surface area (Å²) in [5, 5.41) is 12.8. The van der Waals surface area contributed by atoms with Crippen LogP contribution in [0.5, 0.6) is 0 Å². The second kappa shape index (κ2) is 6.23. The Morgan fingerprint density at radius 2 is 2.07 bits per heavy atom. The topological polar surface area (TPSA) is 84.5 Å². The lowest BCUT2D eigenvalue weighted by Gasteiger charge is -2.05. The molecule has 0 unspecified atom stereocenters. The highest BCUT2D eigenvalue weighted by Crippen LogP contribution is 2.36. The Kier molecular flexibility index (Phi) is 3.99. The molecule has 0 aliphatic rings. The number of alkyl halides is 3. The molecule has 0 aromatic carbocycles. The number of aryl methyl sites for hydroxylation is 1. The standard InChI is InChI=1S/C17H15F3N6O/c1-25-9-21-7-14(25)11-8-26(24-16(11)17(18,19)20)15-3-2-12-13(23-15)6-10(22-12)4-5-27/h2-3,6-9,22,27H,4-5H2,1H3. The SMILES string of the molecule is Cn1cncc1-c1cn(-c2ccc3[nH]c(CCO)cc3n2)nc1C(F)(F)F. The minimum absolute atomic E-state index is 0.0121. The molecule has 0 aliphatic heterocycles. The van der Waals surface area contributed by atoms with Crippen LogP contribution >= 0.6 is 0 Å². The van der Waals surface area contributed by atoms with Gasteiger partial charge in [-0.2, -0.15) is 18.3 Å². The Balaban J connectivity index is 1.83. The number of hydrogen-bond donors (Lipinski definition) is 2. The number of aliphatic hydroxyl groups excluding tert-OH is 1. The molecule has 4 heterocycles. The van der Waals surface area contributed by atoms with Gasteiger partial charge in [0.1, 0.15) is 0 Å². The first-order valence-electron chi connectivity index (χ1n) is 8.10. The van der Waals surface area contributed by atoms with Gasteiger partial charge in [0.25, 0.3) is 0 Å². The van der Waals surface area contributed by atoms with E-state index in [9.17, 15) is 13.2 Å². The number of aromatic nitrogens is 6. The van der Waals surface area contributed by atoms with E-state index in [1.807, 2.05) is 0 Å². The maximum Gasteiger partial charge on any atom is 0.435 e. The van der Waals surface area contributed by atoms with Crippen molar-refractivity contribution in [3.63, 3.8) is 0 Å². The first-order valence-corrected chi connectivity index (χ1v) is 8.10. The minimum atomic E-state index is -4.61. The van der Waals surface area contributed by atoms with E-state index in [-0.39, 0.29) is 18.0 Å². The summed E-state index contributed by atoms with van der Waals surface area (Å²) in [6.45, 7) is -0.0121. The monoisotopic (exact) mass is 376 g/mol. The van der Waals surface area contributed by atoms with Crippen LogP contribution in [0.25, 0.3) is 28.1 Å². The zero-order chi connectivity index (χ0) is 19.2. The number of aromatic amines is 1. The van der Waals surface area contributed by atoms with Gasteiger partial charge in [-0.3, -0.25) is 0 Å². The molecule has 27 heavy (non-hydrogen) atoms. The number of nitrogens with zero attached hydrogens (tertiary/aromatic N) is 5. The quantitative estimate of drug-likeness (QED) is 0.574. The van der Waals surface area contributed by atoms with Crippen molar-refractivity contribution in [3.05, 3.63) is 48.3 Å². The molecule has 0 fully saturated rings. The Morgan fingerprint density at radius 3 is 2.74 bits per heavy atom. The number of pyridine rings is 1. The molecule has 10 heteroatoms. The summed E-state index contributed by atoms with van der Waals surface area (Å²) in [6, 6.07) is 5.06. The molecule has 0 saturated carbocycles. The molecule has 0 atom stereocenters. The smallest absolute Gasteiger partial charge is 0.396 e. The van der Waals surface area contributed by atoms with Gasteiger partial charge in [-0.05, 0) is 18.2 Å². The average molecular weight is 376 g/mol. The van der Waals surface area contributed by atoms with Crippen LogP contribution in [-0.4, -0.2) is 41.0 Å². The van der Waals surface area contributed by atoms with E-state index in [0.29, 0.717) is 17.6 Å². The summed E-state index contributed by atoms with van der Waals surface area (Å²) < 4.78 is 43.1. The largest absolute Gasteiger partial charge is 0.435 e. The summed E-state index contributed by atoms with van der Waals surface area (Å²) >= 11 is 0. The third kappa shape index (κ3) is 3.08. The average Bonchev–Trinajstić information content (AvgIpc) is 3.30. The Labute approximate surface area is 151 Å². The van der Waals surface area contributed by atoms with Crippen LogP contribution in [-0.2, 0) is 19.6 Å². The maximum atomic E-state index is 13.5. The van der Waals surface area contributed by atoms with Crippen molar-refractivity contribution in [1.29, 1.82) is 0 Å². The van der Waals surface area contributed by atoms with Crippen LogP contribution in [0.4, 0.5) is 13.2 Å². The molecular formula is C17H15F3N6O. The predicted octanol–water partition coefficient (Wildman–Crippen LogP) is 2.70. The van der Waals surface area contributed by atoms with Gasteiger partial charge >= 0.3 is 6.18 Å². The van der Waals surface area contributed by atoms with Crippen molar-refractivity contribution in [2.24, 2.45) is 7.05 Å². The van der Waals surface area contributed by atoms with E-state index in [2.05, 4.69) is 20.1 Å². The summed E-state index contributed by atoms with van der Waals surface area (Å²) in [7, 11) is 1.62. The van der Waals surface area contributed by atoms with E-state index >= 15 is 0 Å². The van der Waals surface area contributed by atoms with Crippen molar-refractivity contribution >= 4 is 11.0 Å². The highest BCUT2D eigenvalue weighted by atomic mass is 19.4. The molecule has 0 amide bonds. The summed E-state index contributed by atoms with van der Waals surface area (Å²) in [5.41, 5.74) is 1.35. The summed E-state index contributed by atoms with van der Waals surface area (Å²) in [5.74, 6) is 0.260. The van der Waals surface area contributed by atoms with E-state index in [4.69, 9.17) is 5.11 Å². The Morgan fingerprint density at radius 1 is 1.26 bits per heavy atom. The van der Waals surface area contributed by atoms with E-state index < -0.39 is 11.9 Å². The second-order valence-electron chi connectivity index (χ2n) is 6.09. The van der Waals surface area contributed by atoms with Gasteiger partial charge in [0, 0.05) is 32.0 Å². The van der Waals surface area contributed by atoms with Crippen molar-refractivity contribution < 1.29 is 18.3 Å². The molecule has 140 valence electrons. The third-order valence-electron chi connectivity index (χ3n) is 4.21. The fraction of sp³-hybridized carbons (Fsp3) is 0.235. The fourth-order valence-electron chi connectivity index (χ4n) is 2.94. The van der Waals surface area contributed by atoms with Crippen molar-refractivity contribution in [3.8, 4) is 17.1 Å². The predicted molar refractivity (Wildman–Crippen MR) is 91.2 cm³/mol. The molecular weight excluding hydrogens is 361 g/mol. The first-order chi connectivity index (χ1) is 12.9. The number of fused-ring (bicyclic) bond motifs is 1. The van der Waals surface area contributed by atoms with Gasteiger partial charge in [0.05, 0.1) is 34.8 Å². The first kappa shape index (κ1) is 17.3. The Bertz CT molecular complexity index is 1110. The molecule has 4 aromatic rings. The maximum absolute atomic E-state index is 13.5. The minimum Gasteiger partial charge on any atom is -0.396 e. The van der Waals surface area contributed by atoms with Crippen LogP contribution in [0.3, 0.4) is 0 Å². The van der Waals surface area contributed by atoms with Crippen LogP contribution in [0.15, 0.2) is 36.9 Å². The van der Waals surface area contributed by atoms with Gasteiger partial charge in [-0.15, -0.1) is 0 Å². The number of aliphatic hydroxyl groups is 1. The summed E-state index contributed by atoms with van der Waals surface area (Å²) in [4.78, 5) is 11.4. The van der Waals surface area contributed by atoms with Gasteiger partial charge in [-0.1, -0.05) is 0 Å². The molecule has 4 rings (SSSR count). The molecule has 0 bridgehead atoms. The van der Waals surface area contributed by atoms with Crippen LogP contribution in [0.1, 0.15) is 11.4 Å². The van der Waals surface area contributed by atoms with Crippen LogP contribution < -0.4 is 0 Å². The molecule has 2 N–H and O–H groups in total. The number of hydrogen-bond acceptors (Lipinski definition) is 4. The fourth-order valence-corrected chi connectivity index (χ4v) is 2.94. The molecule has 0 aliphatic carbocycles. The van der Waals surface area contributed by atoms with E-state index in [1.165, 1.54) is 23.3 Å². The molecule has 0 radical (unpaired) electrons. The lowest BCUT2D eigenvalue weighted by molar-refractivity contribution is -0.140. The van der Waals surface area contributed by atoms with Crippen molar-refractivity contribution in [2.45, 2.75) is 12.6 Å². The number of H-pyrrole nitrogens is 1. The normalized spacial score (nSPS) is 12.2. The summed E-state index contributed by atoms with van der Waals surface area (Å²) in [6.07, 6.45) is -0.0802. The van der Waals surface area contributed by atoms with Gasteiger partial charge in [-0.25, -0.2) is 14.6 Å². The van der Waals surface area contributed by atoms with Gasteiger partial charge in [0.15, 0.2) is 11.5 Å². The highest BCUT2D eigenvalue weighted by Gasteiger charge is 2.38. The Hall–Kier alpha value is -3.14. The zero-order valence-corrected chi connectivity index (χ0v) is 14.2. The highest BCUT2D eigenvalue weighted by molar-refractivity contribution is 5.77. The molecule has 4 aromatic heterocycles. The van der Waals surface area contributed by atoms with Crippen molar-refractivity contribution in [2.75, 3.05) is 6.61 Å². The number of halogens is 3. The second-order valence-corrected chi connectivity index (χ2v) is 6.09. The zero-order valence-electron chi connectivity index (χ0n) is 14.2. The molecule has 0 saturated heterocycles. The van der Waals surface area contributed by atoms with Crippen LogP contribution in [0.2, 0.25) is 0 Å². The number of rotatable bonds is 4. The van der Waals surface area contributed by atoms with E-state index in [0.717, 1.165) is 15.9 Å². The van der Waals surface area contributed by atoms with Gasteiger partial charge in [0.2, 0.25) is 0 Å². The van der Waals surface area contributed by atoms with E-state index in [1.54, 1.807) is 25.2 Å². The molecule has 7 nitrogen and oxygen atoms in total.